The Bertz CT molecular complexity index is 446. The van der Waals surface area contributed by atoms with Crippen molar-refractivity contribution in [1.29, 1.82) is 0 Å². The van der Waals surface area contributed by atoms with E-state index in [1.54, 1.807) is 0 Å². The van der Waals surface area contributed by atoms with Gasteiger partial charge in [-0.05, 0) is 37.3 Å². The summed E-state index contributed by atoms with van der Waals surface area (Å²) in [7, 11) is 0. The van der Waals surface area contributed by atoms with Crippen LogP contribution in [0, 0.1) is 11.8 Å². The van der Waals surface area contributed by atoms with Gasteiger partial charge in [-0.15, -0.1) is 0 Å². The Morgan fingerprint density at radius 3 is 2.74 bits per heavy atom. The van der Waals surface area contributed by atoms with Crippen LogP contribution >= 0.6 is 0 Å². The minimum atomic E-state index is -4.35. The van der Waals surface area contributed by atoms with Crippen LogP contribution in [0.15, 0.2) is 18.3 Å². The number of piperidine rings is 1. The van der Waals surface area contributed by atoms with E-state index in [1.165, 1.54) is 12.5 Å². The summed E-state index contributed by atoms with van der Waals surface area (Å²) in [6.07, 6.45) is -1.16. The molecular formula is C13H15F3N2O. The maximum atomic E-state index is 12.4. The van der Waals surface area contributed by atoms with Gasteiger partial charge in [0.2, 0.25) is 5.88 Å². The van der Waals surface area contributed by atoms with Crippen molar-refractivity contribution in [2.45, 2.75) is 25.1 Å². The van der Waals surface area contributed by atoms with Crippen molar-refractivity contribution >= 4 is 0 Å². The van der Waals surface area contributed by atoms with Crippen LogP contribution in [0.5, 0.6) is 5.88 Å². The van der Waals surface area contributed by atoms with Crippen molar-refractivity contribution in [1.82, 2.24) is 10.3 Å². The molecule has 3 atom stereocenters. The van der Waals surface area contributed by atoms with Crippen LogP contribution in [-0.2, 0) is 6.18 Å². The van der Waals surface area contributed by atoms with E-state index in [2.05, 4.69) is 10.3 Å². The van der Waals surface area contributed by atoms with Gasteiger partial charge >= 0.3 is 6.18 Å². The summed E-state index contributed by atoms with van der Waals surface area (Å²) < 4.78 is 42.5. The molecule has 0 amide bonds. The van der Waals surface area contributed by atoms with Crippen LogP contribution in [0.3, 0.4) is 0 Å². The number of hydrogen-bond donors (Lipinski definition) is 1. The minimum absolute atomic E-state index is 0.243. The summed E-state index contributed by atoms with van der Waals surface area (Å²) in [5.74, 6) is 1.89. The molecule has 3 nitrogen and oxygen atoms in total. The maximum Gasteiger partial charge on any atom is 0.417 e. The van der Waals surface area contributed by atoms with Gasteiger partial charge in [-0.2, -0.15) is 13.2 Å². The van der Waals surface area contributed by atoms with E-state index < -0.39 is 11.7 Å². The standard InChI is InChI=1S/C13H15F3N2O/c14-13(15,16)10-1-2-12(18-6-10)19-7-11-4-8-3-9(8)5-17-11/h1-2,6,8-9,11,17H,3-5,7H2. The highest BCUT2D eigenvalue weighted by molar-refractivity contribution is 5.20. The summed E-state index contributed by atoms with van der Waals surface area (Å²) in [6, 6.07) is 2.55. The average Bonchev–Trinajstić information content (AvgIpc) is 3.14. The van der Waals surface area contributed by atoms with E-state index in [9.17, 15) is 13.2 Å². The molecule has 0 spiro atoms. The summed E-state index contributed by atoms with van der Waals surface area (Å²) in [6.45, 7) is 1.49. The van der Waals surface area contributed by atoms with Gasteiger partial charge in [0.25, 0.3) is 0 Å². The highest BCUT2D eigenvalue weighted by Crippen LogP contribution is 2.44. The van der Waals surface area contributed by atoms with E-state index in [4.69, 9.17) is 4.74 Å². The number of nitrogens with one attached hydrogen (secondary N) is 1. The van der Waals surface area contributed by atoms with Crippen LogP contribution in [0.1, 0.15) is 18.4 Å². The molecule has 3 rings (SSSR count). The highest BCUT2D eigenvalue weighted by Gasteiger charge is 2.42. The van der Waals surface area contributed by atoms with Gasteiger partial charge in [0, 0.05) is 18.3 Å². The largest absolute Gasteiger partial charge is 0.476 e. The van der Waals surface area contributed by atoms with Gasteiger partial charge in [0.1, 0.15) is 6.61 Å². The zero-order valence-electron chi connectivity index (χ0n) is 10.3. The fourth-order valence-corrected chi connectivity index (χ4v) is 2.56. The third-order valence-electron chi connectivity index (χ3n) is 3.82. The number of rotatable bonds is 3. The molecule has 6 heteroatoms. The first-order valence-corrected chi connectivity index (χ1v) is 6.42. The predicted molar refractivity (Wildman–Crippen MR) is 62.7 cm³/mol. The van der Waals surface area contributed by atoms with Crippen LogP contribution in [0.25, 0.3) is 0 Å². The number of ether oxygens (including phenoxy) is 1. The second-order valence-electron chi connectivity index (χ2n) is 5.29. The van der Waals surface area contributed by atoms with E-state index in [-0.39, 0.29) is 11.9 Å². The van der Waals surface area contributed by atoms with Gasteiger partial charge in [-0.1, -0.05) is 0 Å². The quantitative estimate of drug-likeness (QED) is 0.918. The number of hydrogen-bond acceptors (Lipinski definition) is 3. The molecule has 1 N–H and O–H groups in total. The Morgan fingerprint density at radius 2 is 2.11 bits per heavy atom. The Hall–Kier alpha value is -1.30. The molecule has 2 heterocycles. The van der Waals surface area contributed by atoms with Gasteiger partial charge in [0.05, 0.1) is 5.56 Å². The van der Waals surface area contributed by atoms with Crippen LogP contribution in [-0.4, -0.2) is 24.2 Å². The number of pyridine rings is 1. The topological polar surface area (TPSA) is 34.1 Å². The van der Waals surface area contributed by atoms with Crippen molar-refractivity contribution in [3.63, 3.8) is 0 Å². The smallest absolute Gasteiger partial charge is 0.417 e. The third kappa shape index (κ3) is 3.00. The summed E-state index contributed by atoms with van der Waals surface area (Å²) in [5.41, 5.74) is -0.753. The SMILES string of the molecule is FC(F)(F)c1ccc(OCC2CC3CC3CN2)nc1. The fraction of sp³-hybridized carbons (Fsp3) is 0.615. The van der Waals surface area contributed by atoms with E-state index in [1.807, 2.05) is 0 Å². The molecule has 2 aliphatic rings. The summed E-state index contributed by atoms with van der Waals surface area (Å²) in [4.78, 5) is 3.69. The van der Waals surface area contributed by atoms with Crippen LogP contribution in [0.4, 0.5) is 13.2 Å². The number of fused-ring (bicyclic) bond motifs is 1. The second-order valence-corrected chi connectivity index (χ2v) is 5.29. The molecule has 1 saturated heterocycles. The lowest BCUT2D eigenvalue weighted by Gasteiger charge is -2.22. The van der Waals surface area contributed by atoms with Crippen molar-refractivity contribution in [3.05, 3.63) is 23.9 Å². The Balaban J connectivity index is 1.52. The normalized spacial score (nSPS) is 29.7. The first kappa shape index (κ1) is 12.7. The molecule has 2 fully saturated rings. The Morgan fingerprint density at radius 1 is 1.26 bits per heavy atom. The molecule has 3 unspecified atom stereocenters. The predicted octanol–water partition coefficient (Wildman–Crippen LogP) is 2.48. The molecule has 1 aliphatic heterocycles. The monoisotopic (exact) mass is 272 g/mol. The molecule has 104 valence electrons. The number of nitrogens with zero attached hydrogens (tertiary/aromatic N) is 1. The van der Waals surface area contributed by atoms with E-state index >= 15 is 0 Å². The zero-order chi connectivity index (χ0) is 13.5. The summed E-state index contributed by atoms with van der Waals surface area (Å²) >= 11 is 0. The fourth-order valence-electron chi connectivity index (χ4n) is 2.56. The van der Waals surface area contributed by atoms with Gasteiger partial charge in [-0.25, -0.2) is 4.98 Å². The minimum Gasteiger partial charge on any atom is -0.476 e. The molecule has 0 aromatic carbocycles. The highest BCUT2D eigenvalue weighted by atomic mass is 19.4. The van der Waals surface area contributed by atoms with Gasteiger partial charge < -0.3 is 10.1 Å². The number of aromatic nitrogens is 1. The Labute approximate surface area is 109 Å². The van der Waals surface area contributed by atoms with Gasteiger partial charge in [-0.3, -0.25) is 0 Å². The van der Waals surface area contributed by atoms with Crippen molar-refractivity contribution in [2.24, 2.45) is 11.8 Å². The van der Waals surface area contributed by atoms with E-state index in [0.717, 1.165) is 37.1 Å². The lowest BCUT2D eigenvalue weighted by molar-refractivity contribution is -0.137. The molecular weight excluding hydrogens is 257 g/mol. The molecule has 1 aromatic rings. The number of alkyl halides is 3. The maximum absolute atomic E-state index is 12.4. The lowest BCUT2D eigenvalue weighted by atomic mass is 10.1. The molecule has 0 bridgehead atoms. The molecule has 1 saturated carbocycles. The molecule has 19 heavy (non-hydrogen) atoms. The van der Waals surface area contributed by atoms with Crippen molar-refractivity contribution < 1.29 is 17.9 Å². The zero-order valence-corrected chi connectivity index (χ0v) is 10.3. The van der Waals surface area contributed by atoms with Crippen molar-refractivity contribution in [3.8, 4) is 5.88 Å². The average molecular weight is 272 g/mol. The van der Waals surface area contributed by atoms with Crippen LogP contribution in [0.2, 0.25) is 0 Å². The lowest BCUT2D eigenvalue weighted by Crippen LogP contribution is -2.39. The molecule has 0 radical (unpaired) electrons. The number of halogens is 3. The molecule has 1 aliphatic carbocycles. The Kier molecular flexibility index (Phi) is 3.12. The summed E-state index contributed by atoms with van der Waals surface area (Å²) in [5, 5.41) is 3.38. The first-order valence-electron chi connectivity index (χ1n) is 6.42. The molecule has 1 aromatic heterocycles. The first-order chi connectivity index (χ1) is 9.02. The second kappa shape index (κ2) is 4.67. The van der Waals surface area contributed by atoms with E-state index in [0.29, 0.717) is 6.61 Å². The third-order valence-corrected chi connectivity index (χ3v) is 3.82. The van der Waals surface area contributed by atoms with Crippen molar-refractivity contribution in [2.75, 3.05) is 13.2 Å². The van der Waals surface area contributed by atoms with Gasteiger partial charge in [0.15, 0.2) is 0 Å². The van der Waals surface area contributed by atoms with Crippen LogP contribution < -0.4 is 10.1 Å².